The molecule has 4 heteroatoms. The first-order chi connectivity index (χ1) is 9.90. The molecule has 3 N–H and O–H groups in total. The normalized spacial score (nSPS) is 11.3. The number of nitrogens with two attached hydrogens (primary N) is 1. The van der Waals surface area contributed by atoms with Crippen LogP contribution in [0.4, 0.5) is 5.82 Å². The van der Waals surface area contributed by atoms with Gasteiger partial charge in [0.05, 0.1) is 0 Å². The zero-order chi connectivity index (χ0) is 15.5. The third kappa shape index (κ3) is 3.95. The molecule has 0 radical (unpaired) electrons. The lowest BCUT2D eigenvalue weighted by Crippen LogP contribution is -2.11. The molecule has 0 amide bonds. The van der Waals surface area contributed by atoms with Gasteiger partial charge in [0.1, 0.15) is 18.2 Å². The van der Waals surface area contributed by atoms with Crippen molar-refractivity contribution in [3.05, 3.63) is 53.2 Å². The highest BCUT2D eigenvalue weighted by atomic mass is 16.5. The summed E-state index contributed by atoms with van der Waals surface area (Å²) in [5.41, 5.74) is 6.17. The lowest BCUT2D eigenvalue weighted by Gasteiger charge is -2.20. The first kappa shape index (κ1) is 15.3. The second-order valence-electron chi connectivity index (χ2n) is 6.21. The van der Waals surface area contributed by atoms with Gasteiger partial charge >= 0.3 is 0 Å². The van der Waals surface area contributed by atoms with Gasteiger partial charge in [0.15, 0.2) is 0 Å². The average molecular weight is 285 g/mol. The van der Waals surface area contributed by atoms with Crippen molar-refractivity contribution in [2.24, 2.45) is 5.84 Å². The van der Waals surface area contributed by atoms with E-state index in [4.69, 9.17) is 10.6 Å². The van der Waals surface area contributed by atoms with Gasteiger partial charge in [-0.1, -0.05) is 32.9 Å². The molecule has 112 valence electrons. The number of nitrogen functional groups attached to an aromatic ring is 1. The first-order valence-corrected chi connectivity index (χ1v) is 7.05. The Morgan fingerprint density at radius 1 is 1.19 bits per heavy atom. The van der Waals surface area contributed by atoms with Gasteiger partial charge in [0.2, 0.25) is 0 Å². The number of hydrogen-bond donors (Lipinski definition) is 2. The third-order valence-corrected chi connectivity index (χ3v) is 3.41. The molecule has 1 aromatic heterocycles. The molecule has 0 aliphatic heterocycles. The highest BCUT2D eigenvalue weighted by Gasteiger charge is 2.14. The van der Waals surface area contributed by atoms with E-state index in [0.29, 0.717) is 12.4 Å². The molecule has 0 bridgehead atoms. The second kappa shape index (κ2) is 6.14. The van der Waals surface area contributed by atoms with Crippen LogP contribution in [0.5, 0.6) is 5.75 Å². The summed E-state index contributed by atoms with van der Waals surface area (Å²) >= 11 is 0. The average Bonchev–Trinajstić information content (AvgIpc) is 2.45. The Morgan fingerprint density at radius 3 is 2.57 bits per heavy atom. The van der Waals surface area contributed by atoms with E-state index in [1.165, 1.54) is 5.56 Å². The standard InChI is InChI=1S/C17H23N3O/c1-12-9-14(17(2,3)4)5-6-15(12)21-11-13-7-8-19-16(10-13)20-18/h5-10H,11,18H2,1-4H3,(H,19,20). The first-order valence-electron chi connectivity index (χ1n) is 7.05. The number of pyridine rings is 1. The Hall–Kier alpha value is -2.07. The van der Waals surface area contributed by atoms with Crippen LogP contribution in [0.1, 0.15) is 37.5 Å². The second-order valence-corrected chi connectivity index (χ2v) is 6.21. The molecule has 1 aromatic carbocycles. The summed E-state index contributed by atoms with van der Waals surface area (Å²) in [4.78, 5) is 4.08. The van der Waals surface area contributed by atoms with E-state index in [1.807, 2.05) is 18.2 Å². The quantitative estimate of drug-likeness (QED) is 0.666. The Bertz CT molecular complexity index is 618. The molecule has 4 nitrogen and oxygen atoms in total. The Labute approximate surface area is 126 Å². The molecular formula is C17H23N3O. The topological polar surface area (TPSA) is 60.2 Å². The molecule has 2 rings (SSSR count). The van der Waals surface area contributed by atoms with Crippen molar-refractivity contribution in [3.8, 4) is 5.75 Å². The molecule has 0 aliphatic carbocycles. The Balaban J connectivity index is 2.10. The summed E-state index contributed by atoms with van der Waals surface area (Å²) in [6, 6.07) is 10.1. The van der Waals surface area contributed by atoms with Gasteiger partial charge in [-0.3, -0.25) is 0 Å². The molecule has 0 aliphatic rings. The number of rotatable bonds is 4. The number of ether oxygens (including phenoxy) is 1. The van der Waals surface area contributed by atoms with Crippen molar-refractivity contribution in [1.82, 2.24) is 4.98 Å². The molecule has 1 heterocycles. The maximum atomic E-state index is 5.89. The smallest absolute Gasteiger partial charge is 0.140 e. The molecule has 21 heavy (non-hydrogen) atoms. The SMILES string of the molecule is Cc1cc(C(C)(C)C)ccc1OCc1ccnc(NN)c1. The van der Waals surface area contributed by atoms with Crippen molar-refractivity contribution in [3.63, 3.8) is 0 Å². The number of aromatic nitrogens is 1. The Kier molecular flexibility index (Phi) is 4.48. The van der Waals surface area contributed by atoms with Crippen LogP contribution in [-0.4, -0.2) is 4.98 Å². The molecule has 0 spiro atoms. The summed E-state index contributed by atoms with van der Waals surface area (Å²) in [5.74, 6) is 6.89. The molecule has 0 fully saturated rings. The van der Waals surface area contributed by atoms with Crippen molar-refractivity contribution in [2.75, 3.05) is 5.43 Å². The van der Waals surface area contributed by atoms with Crippen LogP contribution in [0.3, 0.4) is 0 Å². The van der Waals surface area contributed by atoms with E-state index in [-0.39, 0.29) is 5.41 Å². The van der Waals surface area contributed by atoms with E-state index in [2.05, 4.69) is 50.2 Å². The minimum Gasteiger partial charge on any atom is -0.489 e. The zero-order valence-electron chi connectivity index (χ0n) is 13.1. The summed E-state index contributed by atoms with van der Waals surface area (Å²) < 4.78 is 5.89. The fourth-order valence-corrected chi connectivity index (χ4v) is 2.08. The molecule has 0 unspecified atom stereocenters. The Morgan fingerprint density at radius 2 is 1.95 bits per heavy atom. The van der Waals surface area contributed by atoms with E-state index >= 15 is 0 Å². The van der Waals surface area contributed by atoms with Crippen molar-refractivity contribution in [2.45, 2.75) is 39.7 Å². The van der Waals surface area contributed by atoms with Crippen LogP contribution in [0.15, 0.2) is 36.5 Å². The highest BCUT2D eigenvalue weighted by molar-refractivity contribution is 5.39. The fraction of sp³-hybridized carbons (Fsp3) is 0.353. The number of anilines is 1. The zero-order valence-corrected chi connectivity index (χ0v) is 13.1. The minimum absolute atomic E-state index is 0.149. The molecule has 0 saturated carbocycles. The van der Waals surface area contributed by atoms with Crippen LogP contribution < -0.4 is 16.0 Å². The van der Waals surface area contributed by atoms with Crippen molar-refractivity contribution >= 4 is 5.82 Å². The number of hydrogen-bond acceptors (Lipinski definition) is 4. The van der Waals surface area contributed by atoms with Crippen LogP contribution in [0.25, 0.3) is 0 Å². The molecule has 0 atom stereocenters. The van der Waals surface area contributed by atoms with E-state index in [1.54, 1.807) is 6.20 Å². The van der Waals surface area contributed by atoms with Gasteiger partial charge in [-0.25, -0.2) is 10.8 Å². The molecule has 0 saturated heterocycles. The lowest BCUT2D eigenvalue weighted by molar-refractivity contribution is 0.304. The van der Waals surface area contributed by atoms with Gasteiger partial charge in [0.25, 0.3) is 0 Å². The van der Waals surface area contributed by atoms with Crippen LogP contribution in [0.2, 0.25) is 0 Å². The lowest BCUT2D eigenvalue weighted by atomic mass is 9.86. The number of aryl methyl sites for hydroxylation is 1. The highest BCUT2D eigenvalue weighted by Crippen LogP contribution is 2.28. The number of nitrogens with one attached hydrogen (secondary N) is 1. The number of hydrazine groups is 1. The van der Waals surface area contributed by atoms with Gasteiger partial charge in [-0.2, -0.15) is 0 Å². The van der Waals surface area contributed by atoms with E-state index < -0.39 is 0 Å². The summed E-state index contributed by atoms with van der Waals surface area (Å²) in [6.07, 6.45) is 1.71. The fourth-order valence-electron chi connectivity index (χ4n) is 2.08. The van der Waals surface area contributed by atoms with E-state index in [9.17, 15) is 0 Å². The third-order valence-electron chi connectivity index (χ3n) is 3.41. The summed E-state index contributed by atoms with van der Waals surface area (Å²) in [7, 11) is 0. The maximum absolute atomic E-state index is 5.89. The van der Waals surface area contributed by atoms with Gasteiger partial charge in [-0.15, -0.1) is 0 Å². The predicted octanol–water partition coefficient (Wildman–Crippen LogP) is 3.55. The van der Waals surface area contributed by atoms with Crippen molar-refractivity contribution in [1.29, 1.82) is 0 Å². The number of benzene rings is 1. The predicted molar refractivity (Wildman–Crippen MR) is 86.3 cm³/mol. The van der Waals surface area contributed by atoms with Crippen LogP contribution in [0, 0.1) is 6.92 Å². The molecule has 2 aromatic rings. The molecular weight excluding hydrogens is 262 g/mol. The maximum Gasteiger partial charge on any atom is 0.140 e. The van der Waals surface area contributed by atoms with Crippen LogP contribution >= 0.6 is 0 Å². The summed E-state index contributed by atoms with van der Waals surface area (Å²) in [5, 5.41) is 0. The minimum atomic E-state index is 0.149. The van der Waals surface area contributed by atoms with E-state index in [0.717, 1.165) is 16.9 Å². The van der Waals surface area contributed by atoms with Crippen LogP contribution in [-0.2, 0) is 12.0 Å². The van der Waals surface area contributed by atoms with Crippen molar-refractivity contribution < 1.29 is 4.74 Å². The van der Waals surface area contributed by atoms with Gasteiger partial charge in [0, 0.05) is 6.20 Å². The number of nitrogens with zero attached hydrogens (tertiary/aromatic N) is 1. The largest absolute Gasteiger partial charge is 0.489 e. The monoisotopic (exact) mass is 285 g/mol. The summed E-state index contributed by atoms with van der Waals surface area (Å²) in [6.45, 7) is 9.19. The van der Waals surface area contributed by atoms with Gasteiger partial charge in [-0.05, 0) is 47.2 Å². The van der Waals surface area contributed by atoms with Gasteiger partial charge < -0.3 is 10.2 Å².